The van der Waals surface area contributed by atoms with Crippen LogP contribution >= 0.6 is 11.9 Å². The van der Waals surface area contributed by atoms with Crippen LogP contribution in [0.3, 0.4) is 0 Å². The maximum atomic E-state index is 6.33. The summed E-state index contributed by atoms with van der Waals surface area (Å²) in [5, 5.41) is 15.8. The highest BCUT2D eigenvalue weighted by molar-refractivity contribution is 8.01. The average molecular weight is 614 g/mol. The Hall–Kier alpha value is -2.87. The summed E-state index contributed by atoms with van der Waals surface area (Å²) in [6, 6.07) is 5.82. The van der Waals surface area contributed by atoms with Crippen molar-refractivity contribution in [2.24, 2.45) is 0 Å². The van der Waals surface area contributed by atoms with Crippen LogP contribution in [-0.2, 0) is 18.8 Å². The first-order chi connectivity index (χ1) is 20.6. The molecule has 3 N–H and O–H groups in total. The second-order valence-corrected chi connectivity index (χ2v) is 12.8. The lowest BCUT2D eigenvalue weighted by Gasteiger charge is -2.34. The van der Waals surface area contributed by atoms with Crippen LogP contribution in [0.25, 0.3) is 11.0 Å². The van der Waals surface area contributed by atoms with Gasteiger partial charge in [0.05, 0.1) is 42.6 Å². The molecule has 3 aliphatic rings. The summed E-state index contributed by atoms with van der Waals surface area (Å²) in [7, 11) is 4.66. The number of hydrogen-bond acceptors (Lipinski definition) is 11. The third-order valence-electron chi connectivity index (χ3n) is 8.61. The Kier molecular flexibility index (Phi) is 9.27. The minimum Gasteiger partial charge on any atom is -0.500 e. The zero-order valence-corrected chi connectivity index (χ0v) is 27.4. The van der Waals surface area contributed by atoms with Crippen LogP contribution in [0.2, 0.25) is 5.82 Å². The fourth-order valence-electron chi connectivity index (χ4n) is 5.31. The molecular formula is C30H44BN5O6S. The second kappa shape index (κ2) is 12.6. The molecule has 1 aromatic carbocycles. The van der Waals surface area contributed by atoms with Gasteiger partial charge in [0.2, 0.25) is 0 Å². The van der Waals surface area contributed by atoms with Crippen molar-refractivity contribution in [3.05, 3.63) is 35.7 Å². The number of rotatable bonds is 10. The van der Waals surface area contributed by atoms with Gasteiger partial charge in [-0.3, -0.25) is 5.10 Å². The Balaban J connectivity index is 0.00000180. The molecule has 0 radical (unpaired) electrons. The van der Waals surface area contributed by atoms with Crippen LogP contribution < -0.4 is 14.8 Å². The number of methoxy groups -OCH3 is 3. The molecular weight excluding hydrogens is 569 g/mol. The normalized spacial score (nSPS) is 24.3. The maximum Gasteiger partial charge on any atom is 0.465 e. The van der Waals surface area contributed by atoms with Gasteiger partial charge in [-0.15, -0.1) is 0 Å². The molecule has 2 aliphatic carbocycles. The molecule has 2 aromatic heterocycles. The van der Waals surface area contributed by atoms with Gasteiger partial charge < -0.3 is 38.1 Å². The number of nitrogens with one attached hydrogen (secondary N) is 3. The minimum atomic E-state index is -0.406. The molecule has 43 heavy (non-hydrogen) atoms. The number of nitrogens with zero attached hydrogens (tertiary/aromatic N) is 2. The summed E-state index contributed by atoms with van der Waals surface area (Å²) in [6.07, 6.45) is 5.09. The highest BCUT2D eigenvalue weighted by Gasteiger charge is 2.55. The predicted molar refractivity (Wildman–Crippen MR) is 171 cm³/mol. The van der Waals surface area contributed by atoms with Crippen molar-refractivity contribution in [3.8, 4) is 5.75 Å². The quantitative estimate of drug-likeness (QED) is 0.161. The molecule has 13 heteroatoms. The van der Waals surface area contributed by atoms with Crippen LogP contribution in [0.5, 0.6) is 5.75 Å². The van der Waals surface area contributed by atoms with Gasteiger partial charge in [-0.1, -0.05) is 19.0 Å². The number of allylic oxidation sites excluding steroid dienone is 1. The average Bonchev–Trinajstić information content (AvgIpc) is 3.54. The van der Waals surface area contributed by atoms with Gasteiger partial charge in [-0.25, -0.2) is 0 Å². The Morgan fingerprint density at radius 2 is 1.74 bits per heavy atom. The summed E-state index contributed by atoms with van der Waals surface area (Å²) >= 11 is 1.47. The van der Waals surface area contributed by atoms with Crippen molar-refractivity contribution in [1.29, 1.82) is 0 Å². The summed E-state index contributed by atoms with van der Waals surface area (Å²) in [5.41, 5.74) is 1.70. The van der Waals surface area contributed by atoms with Gasteiger partial charge in [-0.05, 0) is 71.0 Å². The first-order valence-corrected chi connectivity index (χ1v) is 15.9. The summed E-state index contributed by atoms with van der Waals surface area (Å²) in [4.78, 5) is 0. The van der Waals surface area contributed by atoms with E-state index in [4.69, 9.17) is 28.0 Å². The summed E-state index contributed by atoms with van der Waals surface area (Å²) in [5.74, 6) is 3.35. The fraction of sp³-hybridized carbons (Fsp3) is 0.600. The number of hydrogen-bond donors (Lipinski definition) is 3. The molecule has 1 saturated carbocycles. The van der Waals surface area contributed by atoms with Crippen LogP contribution in [0.1, 0.15) is 72.4 Å². The van der Waals surface area contributed by atoms with E-state index >= 15 is 0 Å². The van der Waals surface area contributed by atoms with Crippen molar-refractivity contribution in [2.75, 3.05) is 31.4 Å². The molecule has 6 rings (SSSR count). The van der Waals surface area contributed by atoms with E-state index in [9.17, 15) is 0 Å². The molecule has 2 fully saturated rings. The van der Waals surface area contributed by atoms with E-state index in [2.05, 4.69) is 59.2 Å². The lowest BCUT2D eigenvalue weighted by molar-refractivity contribution is 0.00578. The van der Waals surface area contributed by atoms with E-state index < -0.39 is 11.2 Å². The van der Waals surface area contributed by atoms with Crippen LogP contribution in [0.15, 0.2) is 34.6 Å². The maximum absolute atomic E-state index is 6.33. The van der Waals surface area contributed by atoms with Gasteiger partial charge in [0.1, 0.15) is 16.8 Å². The Bertz CT molecular complexity index is 1420. The van der Waals surface area contributed by atoms with Crippen LogP contribution in [0.4, 0.5) is 17.3 Å². The van der Waals surface area contributed by atoms with Gasteiger partial charge in [0, 0.05) is 36.7 Å². The predicted octanol–water partition coefficient (Wildman–Crippen LogP) is 7.05. The number of aromatic amines is 1. The Morgan fingerprint density at radius 1 is 1.02 bits per heavy atom. The standard InChI is InChI=1S/C28H38BN5O6S.C2H6/c1-27(2)28(3,4)40-29(39-27)16-10-22(36-6)25(23(11-16)37-7)41-34-26-17-12-21(35-5)19(13-20(17)38-33-26)30-24-14-18(31-32-24)15-8-9-15;1-2/h10,12-16,23,25H,8-9,11H2,1-7H3,(H,33,34)(H2,30,31,32);1-2H3. The van der Waals surface area contributed by atoms with E-state index in [0.29, 0.717) is 23.1 Å². The molecule has 234 valence electrons. The summed E-state index contributed by atoms with van der Waals surface area (Å²) < 4.78 is 39.2. The molecule has 1 saturated heterocycles. The van der Waals surface area contributed by atoms with Gasteiger partial charge in [0.25, 0.3) is 0 Å². The number of H-pyrrole nitrogens is 1. The first-order valence-electron chi connectivity index (χ1n) is 15.0. The van der Waals surface area contributed by atoms with Gasteiger partial charge >= 0.3 is 7.12 Å². The van der Waals surface area contributed by atoms with E-state index in [0.717, 1.165) is 34.8 Å². The van der Waals surface area contributed by atoms with Crippen molar-refractivity contribution in [3.63, 3.8) is 0 Å². The molecule has 0 bridgehead atoms. The van der Waals surface area contributed by atoms with Crippen molar-refractivity contribution < 1.29 is 28.0 Å². The Morgan fingerprint density at radius 3 is 2.37 bits per heavy atom. The minimum absolute atomic E-state index is 0.00858. The molecule has 3 atom stereocenters. The van der Waals surface area contributed by atoms with Crippen molar-refractivity contribution in [2.45, 2.75) is 95.1 Å². The number of ether oxygens (including phenoxy) is 3. The molecule has 1 aliphatic heterocycles. The largest absolute Gasteiger partial charge is 0.500 e. The van der Waals surface area contributed by atoms with Crippen LogP contribution in [-0.4, -0.2) is 66.4 Å². The molecule has 3 heterocycles. The third-order valence-corrected chi connectivity index (χ3v) is 9.71. The van der Waals surface area contributed by atoms with E-state index in [-0.39, 0.29) is 24.3 Å². The molecule has 3 aromatic rings. The number of benzene rings is 1. The number of aromatic nitrogens is 3. The number of anilines is 3. The van der Waals surface area contributed by atoms with Crippen molar-refractivity contribution in [1.82, 2.24) is 15.4 Å². The van der Waals surface area contributed by atoms with Gasteiger partial charge in [0.15, 0.2) is 17.2 Å². The SMILES string of the molecule is CC.COC1=CC(B2OC(C)(C)C(C)(C)O2)CC(OC)C1SNc1noc2cc(Nc3cc(C4CC4)[nH]n3)c(OC)cc12. The van der Waals surface area contributed by atoms with E-state index in [1.807, 2.05) is 32.0 Å². The van der Waals surface area contributed by atoms with Gasteiger partial charge in [-0.2, -0.15) is 5.10 Å². The second-order valence-electron chi connectivity index (χ2n) is 11.9. The molecule has 0 amide bonds. The molecule has 11 nitrogen and oxygen atoms in total. The fourth-order valence-corrected chi connectivity index (χ4v) is 6.36. The Labute approximate surface area is 258 Å². The third kappa shape index (κ3) is 6.36. The first kappa shape index (κ1) is 31.6. The lowest BCUT2D eigenvalue weighted by Crippen LogP contribution is -2.41. The lowest BCUT2D eigenvalue weighted by atomic mass is 9.66. The topological polar surface area (TPSA) is 125 Å². The smallest absolute Gasteiger partial charge is 0.465 e. The van der Waals surface area contributed by atoms with E-state index in [1.54, 1.807) is 21.3 Å². The zero-order valence-electron chi connectivity index (χ0n) is 26.6. The number of fused-ring (bicyclic) bond motifs is 1. The highest BCUT2D eigenvalue weighted by atomic mass is 32.2. The van der Waals surface area contributed by atoms with Crippen molar-refractivity contribution >= 4 is 47.4 Å². The highest BCUT2D eigenvalue weighted by Crippen LogP contribution is 2.46. The zero-order chi connectivity index (χ0) is 30.9. The molecule has 3 unspecified atom stereocenters. The molecule has 0 spiro atoms. The summed E-state index contributed by atoms with van der Waals surface area (Å²) in [6.45, 7) is 12.2. The monoisotopic (exact) mass is 613 g/mol. The van der Waals surface area contributed by atoms with Crippen LogP contribution in [0, 0.1) is 0 Å². The van der Waals surface area contributed by atoms with E-state index in [1.165, 1.54) is 24.8 Å².